The van der Waals surface area contributed by atoms with Gasteiger partial charge in [-0.3, -0.25) is 4.90 Å². The molecule has 0 spiro atoms. The number of benzene rings is 1. The number of hydrogen-bond donors (Lipinski definition) is 1. The van der Waals surface area contributed by atoms with Crippen LogP contribution in [0.5, 0.6) is 0 Å². The number of likely N-dealkylation sites (tertiary alicyclic amines) is 1. The largest absolute Gasteiger partial charge is 0.299 e. The Morgan fingerprint density at radius 3 is 2.90 bits per heavy atom. The molecule has 2 aromatic rings. The third kappa shape index (κ3) is 3.45. The number of nitrogens with one attached hydrogen (secondary N) is 1. The summed E-state index contributed by atoms with van der Waals surface area (Å²) in [6.07, 6.45) is 5.40. The van der Waals surface area contributed by atoms with Crippen molar-refractivity contribution in [2.75, 3.05) is 13.1 Å². The second kappa shape index (κ2) is 6.18. The molecule has 4 nitrogen and oxygen atoms in total. The van der Waals surface area contributed by atoms with Gasteiger partial charge >= 0.3 is 0 Å². The van der Waals surface area contributed by atoms with Gasteiger partial charge in [-0.25, -0.2) is 0 Å². The fourth-order valence-electron chi connectivity index (χ4n) is 2.94. The summed E-state index contributed by atoms with van der Waals surface area (Å²) in [6.45, 7) is 5.66. The van der Waals surface area contributed by atoms with E-state index in [1.807, 2.05) is 6.20 Å². The average molecular weight is 270 g/mol. The first-order valence-electron chi connectivity index (χ1n) is 7.42. The molecule has 2 heterocycles. The lowest BCUT2D eigenvalue weighted by Crippen LogP contribution is -2.20. The molecular weight excluding hydrogens is 248 g/mol. The molecule has 1 unspecified atom stereocenters. The highest BCUT2D eigenvalue weighted by Gasteiger charge is 2.22. The Balaban J connectivity index is 1.46. The summed E-state index contributed by atoms with van der Waals surface area (Å²) in [5.41, 5.74) is 3.84. The Morgan fingerprint density at radius 2 is 2.15 bits per heavy atom. The predicted octanol–water partition coefficient (Wildman–Crippen LogP) is 2.57. The summed E-state index contributed by atoms with van der Waals surface area (Å²) < 4.78 is 0. The van der Waals surface area contributed by atoms with Crippen molar-refractivity contribution in [3.63, 3.8) is 0 Å². The number of hydrogen-bond acceptors (Lipinski definition) is 3. The van der Waals surface area contributed by atoms with Gasteiger partial charge < -0.3 is 0 Å². The van der Waals surface area contributed by atoms with E-state index in [1.54, 1.807) is 0 Å². The Morgan fingerprint density at radius 1 is 1.30 bits per heavy atom. The number of aromatic amines is 1. The molecule has 1 aromatic heterocycles. The lowest BCUT2D eigenvalue weighted by Gasteiger charge is -2.16. The summed E-state index contributed by atoms with van der Waals surface area (Å²) in [5, 5.41) is 10.7. The summed E-state index contributed by atoms with van der Waals surface area (Å²) in [5.74, 6) is 0.803. The zero-order valence-corrected chi connectivity index (χ0v) is 12.0. The predicted molar refractivity (Wildman–Crippen MR) is 79.3 cm³/mol. The first-order valence-corrected chi connectivity index (χ1v) is 7.42. The molecule has 0 radical (unpaired) electrons. The van der Waals surface area contributed by atoms with Gasteiger partial charge in [0.05, 0.1) is 11.9 Å². The van der Waals surface area contributed by atoms with Crippen LogP contribution < -0.4 is 0 Å². The minimum absolute atomic E-state index is 0.803. The first-order chi connectivity index (χ1) is 9.79. The molecule has 0 bridgehead atoms. The van der Waals surface area contributed by atoms with E-state index >= 15 is 0 Å². The molecule has 1 aromatic carbocycles. The van der Waals surface area contributed by atoms with Gasteiger partial charge in [0.1, 0.15) is 0 Å². The van der Waals surface area contributed by atoms with Crippen LogP contribution in [0, 0.1) is 12.8 Å². The van der Waals surface area contributed by atoms with Crippen molar-refractivity contribution in [3.05, 3.63) is 47.3 Å². The molecule has 1 fully saturated rings. The molecule has 0 saturated carbocycles. The summed E-state index contributed by atoms with van der Waals surface area (Å²) in [7, 11) is 0. The van der Waals surface area contributed by atoms with Crippen LogP contribution in [-0.2, 0) is 13.0 Å². The van der Waals surface area contributed by atoms with Crippen LogP contribution in [0.1, 0.15) is 29.7 Å². The van der Waals surface area contributed by atoms with Gasteiger partial charge in [-0.05, 0) is 44.2 Å². The zero-order valence-electron chi connectivity index (χ0n) is 12.0. The van der Waals surface area contributed by atoms with Crippen molar-refractivity contribution < 1.29 is 0 Å². The zero-order chi connectivity index (χ0) is 13.8. The maximum absolute atomic E-state index is 4.12. The van der Waals surface area contributed by atoms with Gasteiger partial charge in [0.15, 0.2) is 0 Å². The molecule has 1 aliphatic rings. The standard InChI is InChI=1S/C16H22N4/c1-13-2-4-14(5-3-13)11-20-9-8-15(12-20)6-7-16-10-17-19-18-16/h2-5,10,15H,6-9,11-12H2,1H3,(H,17,18,19). The van der Waals surface area contributed by atoms with E-state index in [4.69, 9.17) is 0 Å². The number of aromatic nitrogens is 3. The fourth-order valence-corrected chi connectivity index (χ4v) is 2.94. The van der Waals surface area contributed by atoms with Gasteiger partial charge in [0.25, 0.3) is 0 Å². The van der Waals surface area contributed by atoms with E-state index in [9.17, 15) is 0 Å². The van der Waals surface area contributed by atoms with Crippen LogP contribution in [0.25, 0.3) is 0 Å². The molecular formula is C16H22N4. The molecule has 1 atom stereocenters. The van der Waals surface area contributed by atoms with Crippen LogP contribution in [0.2, 0.25) is 0 Å². The highest BCUT2D eigenvalue weighted by atomic mass is 15.3. The molecule has 0 amide bonds. The number of nitrogens with zero attached hydrogens (tertiary/aromatic N) is 3. The Kier molecular flexibility index (Phi) is 4.11. The lowest BCUT2D eigenvalue weighted by molar-refractivity contribution is 0.313. The maximum atomic E-state index is 4.12. The van der Waals surface area contributed by atoms with E-state index in [0.29, 0.717) is 0 Å². The Labute approximate surface area is 120 Å². The molecule has 20 heavy (non-hydrogen) atoms. The molecule has 106 valence electrons. The van der Waals surface area contributed by atoms with Crippen LogP contribution >= 0.6 is 0 Å². The van der Waals surface area contributed by atoms with Crippen LogP contribution in [-0.4, -0.2) is 33.4 Å². The van der Waals surface area contributed by atoms with Gasteiger partial charge in [-0.2, -0.15) is 15.4 Å². The maximum Gasteiger partial charge on any atom is 0.0824 e. The second-order valence-electron chi connectivity index (χ2n) is 5.88. The third-order valence-electron chi connectivity index (χ3n) is 4.17. The summed E-state index contributed by atoms with van der Waals surface area (Å²) in [4.78, 5) is 2.57. The highest BCUT2D eigenvalue weighted by molar-refractivity contribution is 5.21. The van der Waals surface area contributed by atoms with Gasteiger partial charge in [0, 0.05) is 13.1 Å². The van der Waals surface area contributed by atoms with Gasteiger partial charge in [0.2, 0.25) is 0 Å². The monoisotopic (exact) mass is 270 g/mol. The topological polar surface area (TPSA) is 44.8 Å². The minimum atomic E-state index is 0.803. The molecule has 0 aliphatic carbocycles. The third-order valence-corrected chi connectivity index (χ3v) is 4.17. The van der Waals surface area contributed by atoms with Gasteiger partial charge in [-0.1, -0.05) is 29.8 Å². The molecule has 1 aliphatic heterocycles. The van der Waals surface area contributed by atoms with Crippen molar-refractivity contribution in [2.45, 2.75) is 32.7 Å². The van der Waals surface area contributed by atoms with Crippen molar-refractivity contribution in [2.24, 2.45) is 5.92 Å². The van der Waals surface area contributed by atoms with Gasteiger partial charge in [-0.15, -0.1) is 0 Å². The second-order valence-corrected chi connectivity index (χ2v) is 5.88. The quantitative estimate of drug-likeness (QED) is 0.908. The molecule has 1 N–H and O–H groups in total. The fraction of sp³-hybridized carbons (Fsp3) is 0.500. The van der Waals surface area contributed by atoms with Crippen molar-refractivity contribution >= 4 is 0 Å². The minimum Gasteiger partial charge on any atom is -0.299 e. The van der Waals surface area contributed by atoms with E-state index in [2.05, 4.69) is 51.5 Å². The molecule has 1 saturated heterocycles. The van der Waals surface area contributed by atoms with Crippen molar-refractivity contribution in [1.82, 2.24) is 20.3 Å². The lowest BCUT2D eigenvalue weighted by atomic mass is 10.0. The number of H-pyrrole nitrogens is 1. The highest BCUT2D eigenvalue weighted by Crippen LogP contribution is 2.22. The van der Waals surface area contributed by atoms with Crippen LogP contribution in [0.15, 0.2) is 30.5 Å². The average Bonchev–Trinajstić information content (AvgIpc) is 3.10. The van der Waals surface area contributed by atoms with Crippen molar-refractivity contribution in [1.29, 1.82) is 0 Å². The smallest absolute Gasteiger partial charge is 0.0824 e. The summed E-state index contributed by atoms with van der Waals surface area (Å²) >= 11 is 0. The van der Waals surface area contributed by atoms with E-state index in [-0.39, 0.29) is 0 Å². The number of rotatable bonds is 5. The van der Waals surface area contributed by atoms with E-state index < -0.39 is 0 Å². The van der Waals surface area contributed by atoms with E-state index in [1.165, 1.54) is 37.1 Å². The Hall–Kier alpha value is -1.68. The Bertz CT molecular complexity index is 518. The molecule has 3 rings (SSSR count). The first kappa shape index (κ1) is 13.3. The number of aryl methyl sites for hydroxylation is 2. The molecule has 4 heteroatoms. The van der Waals surface area contributed by atoms with E-state index in [0.717, 1.165) is 24.6 Å². The normalized spacial score (nSPS) is 19.6. The SMILES string of the molecule is Cc1ccc(CN2CCC(CCc3cn[nH]n3)C2)cc1. The van der Waals surface area contributed by atoms with Crippen molar-refractivity contribution in [3.8, 4) is 0 Å². The van der Waals surface area contributed by atoms with Crippen LogP contribution in [0.3, 0.4) is 0 Å². The summed E-state index contributed by atoms with van der Waals surface area (Å²) in [6, 6.07) is 8.90. The van der Waals surface area contributed by atoms with Crippen LogP contribution in [0.4, 0.5) is 0 Å².